The molecule has 7 nitrogen and oxygen atoms in total. The quantitative estimate of drug-likeness (QED) is 0.517. The maximum atomic E-state index is 13.5. The number of carbonyl (C=O) groups excluding carboxylic acids is 1. The topological polar surface area (TPSA) is 97.3 Å². The van der Waals surface area contributed by atoms with Crippen LogP contribution in [0.2, 0.25) is 0 Å². The van der Waals surface area contributed by atoms with E-state index in [0.717, 1.165) is 12.8 Å². The van der Waals surface area contributed by atoms with Gasteiger partial charge >= 0.3 is 0 Å². The molecule has 1 heterocycles. The van der Waals surface area contributed by atoms with Gasteiger partial charge in [-0.3, -0.25) is 14.2 Å². The standard InChI is InChI=1S/C22H19BrFN3O4S/c1-25-32(30,31)17-7-5-16(6-8-17)27-12-14(10-18(22(27)29)13-2-3-13)21(28)26-15-4-9-20(24)19(23)11-15/h4-13,25H,2-3H2,1H3,(H,26,28). The van der Waals surface area contributed by atoms with Crippen LogP contribution in [0.25, 0.3) is 5.69 Å². The molecule has 0 spiro atoms. The summed E-state index contributed by atoms with van der Waals surface area (Å²) in [5.41, 5.74) is 1.38. The van der Waals surface area contributed by atoms with E-state index in [2.05, 4.69) is 26.0 Å². The van der Waals surface area contributed by atoms with Crippen LogP contribution in [0, 0.1) is 5.82 Å². The molecule has 1 fully saturated rings. The predicted molar refractivity (Wildman–Crippen MR) is 122 cm³/mol. The Bertz CT molecular complexity index is 1370. The summed E-state index contributed by atoms with van der Waals surface area (Å²) >= 11 is 3.09. The van der Waals surface area contributed by atoms with Crippen molar-refractivity contribution in [3.05, 3.63) is 86.5 Å². The van der Waals surface area contributed by atoms with Crippen LogP contribution in [0.1, 0.15) is 34.7 Å². The number of anilines is 1. The number of halogens is 2. The van der Waals surface area contributed by atoms with Crippen molar-refractivity contribution >= 4 is 37.5 Å². The Hall–Kier alpha value is -2.82. The number of hydrogen-bond acceptors (Lipinski definition) is 4. The minimum Gasteiger partial charge on any atom is -0.322 e. The summed E-state index contributed by atoms with van der Waals surface area (Å²) in [7, 11) is -2.30. The summed E-state index contributed by atoms with van der Waals surface area (Å²) in [6, 6.07) is 11.5. The average Bonchev–Trinajstić information content (AvgIpc) is 3.62. The highest BCUT2D eigenvalue weighted by atomic mass is 79.9. The van der Waals surface area contributed by atoms with Crippen molar-refractivity contribution in [3.8, 4) is 5.69 Å². The minimum absolute atomic E-state index is 0.0648. The van der Waals surface area contributed by atoms with Crippen LogP contribution in [0.5, 0.6) is 0 Å². The summed E-state index contributed by atoms with van der Waals surface area (Å²) in [6.45, 7) is 0. The fraction of sp³-hybridized carbons (Fsp3) is 0.182. The van der Waals surface area contributed by atoms with Gasteiger partial charge in [-0.25, -0.2) is 17.5 Å². The summed E-state index contributed by atoms with van der Waals surface area (Å²) in [6.07, 6.45) is 3.15. The second-order valence-electron chi connectivity index (χ2n) is 7.42. The van der Waals surface area contributed by atoms with Gasteiger partial charge in [0.1, 0.15) is 5.82 Å². The molecule has 0 atom stereocenters. The molecule has 0 unspecified atom stereocenters. The first kappa shape index (κ1) is 22.4. The minimum atomic E-state index is -3.61. The van der Waals surface area contributed by atoms with Crippen LogP contribution < -0.4 is 15.6 Å². The number of nitrogens with zero attached hydrogens (tertiary/aromatic N) is 1. The molecule has 0 aliphatic heterocycles. The summed E-state index contributed by atoms with van der Waals surface area (Å²) in [5.74, 6) is -0.810. The fourth-order valence-corrected chi connectivity index (χ4v) is 4.40. The molecule has 2 N–H and O–H groups in total. The van der Waals surface area contributed by atoms with Crippen LogP contribution >= 0.6 is 15.9 Å². The molecule has 2 aromatic carbocycles. The molecule has 0 radical (unpaired) electrons. The molecule has 1 aliphatic rings. The molecule has 3 aromatic rings. The third kappa shape index (κ3) is 4.52. The van der Waals surface area contributed by atoms with Gasteiger partial charge in [-0.05, 0) is 90.3 Å². The lowest BCUT2D eigenvalue weighted by atomic mass is 10.1. The second kappa shape index (κ2) is 8.61. The predicted octanol–water partition coefficient (Wildman–Crippen LogP) is 3.78. The summed E-state index contributed by atoms with van der Waals surface area (Å²) in [4.78, 5) is 26.0. The van der Waals surface area contributed by atoms with Gasteiger partial charge in [0.25, 0.3) is 11.5 Å². The molecule has 1 amide bonds. The van der Waals surface area contributed by atoms with Gasteiger partial charge in [0.15, 0.2) is 0 Å². The van der Waals surface area contributed by atoms with E-state index in [-0.39, 0.29) is 26.4 Å². The number of rotatable bonds is 6. The van der Waals surface area contributed by atoms with Crippen LogP contribution in [0.15, 0.2) is 68.9 Å². The number of amides is 1. The SMILES string of the molecule is CNS(=O)(=O)c1ccc(-n2cc(C(=O)Nc3ccc(F)c(Br)c3)cc(C3CC3)c2=O)cc1. The van der Waals surface area contributed by atoms with E-state index in [9.17, 15) is 22.4 Å². The first-order chi connectivity index (χ1) is 15.2. The lowest BCUT2D eigenvalue weighted by molar-refractivity contribution is 0.102. The fourth-order valence-electron chi connectivity index (χ4n) is 3.29. The summed E-state index contributed by atoms with van der Waals surface area (Å²) in [5, 5.41) is 2.71. The average molecular weight is 520 g/mol. The van der Waals surface area contributed by atoms with Crippen molar-refractivity contribution < 1.29 is 17.6 Å². The monoisotopic (exact) mass is 519 g/mol. The summed E-state index contributed by atoms with van der Waals surface area (Å²) < 4.78 is 41.2. The number of pyridine rings is 1. The van der Waals surface area contributed by atoms with Crippen molar-refractivity contribution in [2.45, 2.75) is 23.7 Å². The van der Waals surface area contributed by atoms with Gasteiger partial charge < -0.3 is 5.32 Å². The highest BCUT2D eigenvalue weighted by molar-refractivity contribution is 9.10. The molecule has 166 valence electrons. The lowest BCUT2D eigenvalue weighted by Gasteiger charge is -2.13. The molecule has 1 saturated carbocycles. The second-order valence-corrected chi connectivity index (χ2v) is 10.2. The first-order valence-corrected chi connectivity index (χ1v) is 12.0. The van der Waals surface area contributed by atoms with Gasteiger partial charge in [0.2, 0.25) is 10.0 Å². The number of nitrogens with one attached hydrogen (secondary N) is 2. The van der Waals surface area contributed by atoms with Crippen LogP contribution in [0.4, 0.5) is 10.1 Å². The Morgan fingerprint density at radius 1 is 1.12 bits per heavy atom. The molecule has 1 aromatic heterocycles. The van der Waals surface area contributed by atoms with E-state index in [1.807, 2.05) is 0 Å². The zero-order valence-electron chi connectivity index (χ0n) is 16.9. The van der Waals surface area contributed by atoms with Crippen LogP contribution in [-0.2, 0) is 10.0 Å². The van der Waals surface area contributed by atoms with Gasteiger partial charge in [-0.2, -0.15) is 0 Å². The number of sulfonamides is 1. The largest absolute Gasteiger partial charge is 0.322 e. The molecule has 1 aliphatic carbocycles. The van der Waals surface area contributed by atoms with E-state index >= 15 is 0 Å². The molecule has 32 heavy (non-hydrogen) atoms. The third-order valence-corrected chi connectivity index (χ3v) is 7.23. The van der Waals surface area contributed by atoms with E-state index < -0.39 is 21.7 Å². The third-order valence-electron chi connectivity index (χ3n) is 5.20. The zero-order valence-corrected chi connectivity index (χ0v) is 19.3. The van der Waals surface area contributed by atoms with Crippen LogP contribution in [-0.4, -0.2) is 25.9 Å². The molecular formula is C22H19BrFN3O4S. The Balaban J connectivity index is 1.73. The molecule has 10 heteroatoms. The van der Waals surface area contributed by atoms with Gasteiger partial charge in [0.05, 0.1) is 14.9 Å². The number of benzene rings is 2. The highest BCUT2D eigenvalue weighted by Crippen LogP contribution is 2.38. The normalized spacial score (nSPS) is 13.7. The van der Waals surface area contributed by atoms with Gasteiger partial charge in [0, 0.05) is 23.1 Å². The molecular weight excluding hydrogens is 501 g/mol. The van der Waals surface area contributed by atoms with E-state index in [4.69, 9.17) is 0 Å². The van der Waals surface area contributed by atoms with Crippen molar-refractivity contribution in [2.24, 2.45) is 0 Å². The number of hydrogen-bond donors (Lipinski definition) is 2. The Morgan fingerprint density at radius 3 is 2.41 bits per heavy atom. The van der Waals surface area contributed by atoms with Gasteiger partial charge in [-0.1, -0.05) is 0 Å². The van der Waals surface area contributed by atoms with Crippen molar-refractivity contribution in [2.75, 3.05) is 12.4 Å². The molecule has 0 saturated heterocycles. The lowest BCUT2D eigenvalue weighted by Crippen LogP contribution is -2.25. The Morgan fingerprint density at radius 2 is 1.81 bits per heavy atom. The highest BCUT2D eigenvalue weighted by Gasteiger charge is 2.28. The Labute approximate surface area is 192 Å². The first-order valence-electron chi connectivity index (χ1n) is 9.76. The molecule has 4 rings (SSSR count). The Kier molecular flexibility index (Phi) is 6.02. The number of aromatic nitrogens is 1. The van der Waals surface area contributed by atoms with Gasteiger partial charge in [-0.15, -0.1) is 0 Å². The maximum absolute atomic E-state index is 13.5. The smallest absolute Gasteiger partial charge is 0.258 e. The molecule has 0 bridgehead atoms. The van der Waals surface area contributed by atoms with Crippen molar-refractivity contribution in [1.82, 2.24) is 9.29 Å². The van der Waals surface area contributed by atoms with Crippen molar-refractivity contribution in [1.29, 1.82) is 0 Å². The number of carbonyl (C=O) groups is 1. The van der Waals surface area contributed by atoms with Crippen LogP contribution in [0.3, 0.4) is 0 Å². The maximum Gasteiger partial charge on any atom is 0.258 e. The van der Waals surface area contributed by atoms with E-state index in [1.54, 1.807) is 6.07 Å². The zero-order chi connectivity index (χ0) is 23.0. The van der Waals surface area contributed by atoms with E-state index in [1.165, 1.54) is 60.3 Å². The van der Waals surface area contributed by atoms with Crippen molar-refractivity contribution in [3.63, 3.8) is 0 Å². The van der Waals surface area contributed by atoms with E-state index in [0.29, 0.717) is 16.9 Å².